The first-order valence-corrected chi connectivity index (χ1v) is 12.4. The molecule has 0 aliphatic rings. The van der Waals surface area contributed by atoms with Crippen LogP contribution in [0, 0.1) is 10.1 Å². The Morgan fingerprint density at radius 3 is 2.38 bits per heavy atom. The molecule has 13 heteroatoms. The maximum absolute atomic E-state index is 12.5. The van der Waals surface area contributed by atoms with Gasteiger partial charge in [0.2, 0.25) is 5.75 Å². The standard InChI is InChI=1S/C26H24N6O6S/c1-36-21-12-17(13-22(37-2)24(21)38-3)15-27-28-23(33)16-39-26-30-29-25(31(26)19-9-5-4-6-10-19)18-8-7-11-20(14-18)32(34)35/h4-15H,16H2,1-3H3,(H,28,33)/b27-15-. The summed E-state index contributed by atoms with van der Waals surface area (Å²) in [5.41, 5.74) is 4.32. The van der Waals surface area contributed by atoms with E-state index in [1.54, 1.807) is 28.8 Å². The van der Waals surface area contributed by atoms with Gasteiger partial charge in [-0.15, -0.1) is 10.2 Å². The lowest BCUT2D eigenvalue weighted by molar-refractivity contribution is -0.384. The number of ether oxygens (including phenoxy) is 3. The van der Waals surface area contributed by atoms with E-state index in [2.05, 4.69) is 20.7 Å². The van der Waals surface area contributed by atoms with Crippen LogP contribution < -0.4 is 19.6 Å². The fourth-order valence-corrected chi connectivity index (χ4v) is 4.38. The number of amides is 1. The van der Waals surface area contributed by atoms with Crippen molar-refractivity contribution in [1.29, 1.82) is 0 Å². The Kier molecular flexibility index (Phi) is 8.74. The van der Waals surface area contributed by atoms with Gasteiger partial charge in [0.1, 0.15) is 0 Å². The number of methoxy groups -OCH3 is 3. The van der Waals surface area contributed by atoms with Crippen molar-refractivity contribution in [3.8, 4) is 34.3 Å². The summed E-state index contributed by atoms with van der Waals surface area (Å²) in [7, 11) is 4.53. The maximum atomic E-state index is 12.5. The number of hydrogen-bond acceptors (Lipinski definition) is 10. The van der Waals surface area contributed by atoms with Crippen molar-refractivity contribution >= 4 is 29.6 Å². The van der Waals surface area contributed by atoms with E-state index < -0.39 is 4.92 Å². The second kappa shape index (κ2) is 12.6. The number of carbonyl (C=O) groups is 1. The molecule has 0 radical (unpaired) electrons. The molecule has 12 nitrogen and oxygen atoms in total. The minimum Gasteiger partial charge on any atom is -0.493 e. The molecule has 1 amide bonds. The van der Waals surface area contributed by atoms with Crippen LogP contribution in [0.1, 0.15) is 5.56 Å². The van der Waals surface area contributed by atoms with E-state index >= 15 is 0 Å². The van der Waals surface area contributed by atoms with Gasteiger partial charge in [0.15, 0.2) is 22.5 Å². The van der Waals surface area contributed by atoms with Crippen LogP contribution in [0.4, 0.5) is 5.69 Å². The molecule has 0 aliphatic heterocycles. The highest BCUT2D eigenvalue weighted by Crippen LogP contribution is 2.37. The van der Waals surface area contributed by atoms with Gasteiger partial charge in [0.25, 0.3) is 11.6 Å². The monoisotopic (exact) mass is 548 g/mol. The third-order valence-corrected chi connectivity index (χ3v) is 6.31. The molecule has 0 atom stereocenters. The first-order chi connectivity index (χ1) is 18.9. The van der Waals surface area contributed by atoms with Gasteiger partial charge in [-0.05, 0) is 24.3 Å². The molecule has 200 valence electrons. The molecule has 1 aromatic heterocycles. The lowest BCUT2D eigenvalue weighted by Gasteiger charge is -2.12. The molecule has 0 spiro atoms. The Hall–Kier alpha value is -4.91. The third kappa shape index (κ3) is 6.33. The van der Waals surface area contributed by atoms with E-state index in [-0.39, 0.29) is 17.3 Å². The molecule has 1 heterocycles. The van der Waals surface area contributed by atoms with Crippen LogP contribution in [0.2, 0.25) is 0 Å². The van der Waals surface area contributed by atoms with Gasteiger partial charge in [0.05, 0.1) is 38.2 Å². The summed E-state index contributed by atoms with van der Waals surface area (Å²) in [5, 5.41) is 24.2. The molecule has 0 bridgehead atoms. The van der Waals surface area contributed by atoms with Gasteiger partial charge in [-0.25, -0.2) is 5.43 Å². The first kappa shape index (κ1) is 27.1. The smallest absolute Gasteiger partial charge is 0.270 e. The Bertz CT molecular complexity index is 1480. The summed E-state index contributed by atoms with van der Waals surface area (Å²) >= 11 is 1.15. The first-order valence-electron chi connectivity index (χ1n) is 11.5. The Balaban J connectivity index is 1.51. The second-order valence-electron chi connectivity index (χ2n) is 7.83. The van der Waals surface area contributed by atoms with Crippen molar-refractivity contribution in [3.05, 3.63) is 82.4 Å². The van der Waals surface area contributed by atoms with Gasteiger partial charge in [-0.2, -0.15) is 5.10 Å². The number of nitro groups is 1. The van der Waals surface area contributed by atoms with Crippen LogP contribution in [0.3, 0.4) is 0 Å². The number of thioether (sulfide) groups is 1. The zero-order valence-corrected chi connectivity index (χ0v) is 22.0. The highest BCUT2D eigenvalue weighted by molar-refractivity contribution is 7.99. The van der Waals surface area contributed by atoms with Crippen molar-refractivity contribution in [1.82, 2.24) is 20.2 Å². The minimum absolute atomic E-state index is 0.00744. The van der Waals surface area contributed by atoms with Crippen molar-refractivity contribution in [2.75, 3.05) is 27.1 Å². The third-order valence-electron chi connectivity index (χ3n) is 5.39. The van der Waals surface area contributed by atoms with Gasteiger partial charge < -0.3 is 14.2 Å². The minimum atomic E-state index is -0.467. The number of nitrogens with one attached hydrogen (secondary N) is 1. The van der Waals surface area contributed by atoms with E-state index in [0.717, 1.165) is 17.4 Å². The molecule has 39 heavy (non-hydrogen) atoms. The highest BCUT2D eigenvalue weighted by Gasteiger charge is 2.19. The number of non-ortho nitro benzene ring substituents is 1. The number of hydrazone groups is 1. The largest absolute Gasteiger partial charge is 0.493 e. The summed E-state index contributed by atoms with van der Waals surface area (Å²) in [6, 6.07) is 18.8. The number of rotatable bonds is 11. The molecule has 1 N–H and O–H groups in total. The molecule has 4 aromatic rings. The predicted octanol–water partition coefficient (Wildman–Crippen LogP) is 4.11. The number of aromatic nitrogens is 3. The van der Waals surface area contributed by atoms with Crippen molar-refractivity contribution in [2.45, 2.75) is 5.16 Å². The SMILES string of the molecule is COc1cc(/C=N\NC(=O)CSc2nnc(-c3cccc([N+](=O)[O-])c3)n2-c2ccccc2)cc(OC)c1OC. The molecule has 3 aromatic carbocycles. The molecule has 4 rings (SSSR count). The van der Waals surface area contributed by atoms with Crippen LogP contribution in [-0.4, -0.2) is 58.9 Å². The Labute approximate surface area is 227 Å². The predicted molar refractivity (Wildman–Crippen MR) is 146 cm³/mol. The molecule has 0 saturated heterocycles. The van der Waals surface area contributed by atoms with Crippen LogP contribution in [0.5, 0.6) is 17.2 Å². The Morgan fingerprint density at radius 2 is 1.74 bits per heavy atom. The quantitative estimate of drug-likeness (QED) is 0.127. The van der Waals surface area contributed by atoms with Crippen molar-refractivity contribution in [3.63, 3.8) is 0 Å². The van der Waals surface area contributed by atoms with Gasteiger partial charge in [-0.1, -0.05) is 42.1 Å². The second-order valence-corrected chi connectivity index (χ2v) is 8.77. The summed E-state index contributed by atoms with van der Waals surface area (Å²) in [5.74, 6) is 1.40. The summed E-state index contributed by atoms with van der Waals surface area (Å²) in [6.45, 7) is 0. The van der Waals surface area contributed by atoms with Crippen LogP contribution >= 0.6 is 11.8 Å². The van der Waals surface area contributed by atoms with E-state index in [1.165, 1.54) is 39.7 Å². The normalized spacial score (nSPS) is 10.8. The zero-order chi connectivity index (χ0) is 27.8. The number of nitro benzene ring substituents is 1. The van der Waals surface area contributed by atoms with E-state index in [4.69, 9.17) is 14.2 Å². The van der Waals surface area contributed by atoms with Crippen molar-refractivity contribution < 1.29 is 23.9 Å². The number of nitrogens with zero attached hydrogens (tertiary/aromatic N) is 5. The van der Waals surface area contributed by atoms with Crippen molar-refractivity contribution in [2.24, 2.45) is 5.10 Å². The fraction of sp³-hybridized carbons (Fsp3) is 0.154. The van der Waals surface area contributed by atoms with Crippen LogP contribution in [-0.2, 0) is 4.79 Å². The molecular formula is C26H24N6O6S. The van der Waals surface area contributed by atoms with E-state index in [9.17, 15) is 14.9 Å². The van der Waals surface area contributed by atoms with Crippen LogP contribution in [0.25, 0.3) is 17.1 Å². The van der Waals surface area contributed by atoms with Crippen LogP contribution in [0.15, 0.2) is 77.0 Å². The lowest BCUT2D eigenvalue weighted by atomic mass is 10.2. The Morgan fingerprint density at radius 1 is 1.03 bits per heavy atom. The van der Waals surface area contributed by atoms with E-state index in [1.807, 2.05) is 30.3 Å². The average Bonchev–Trinajstić information content (AvgIpc) is 3.40. The number of para-hydroxylation sites is 1. The average molecular weight is 549 g/mol. The number of benzene rings is 3. The van der Waals surface area contributed by atoms with Gasteiger partial charge in [0, 0.05) is 28.9 Å². The zero-order valence-electron chi connectivity index (χ0n) is 21.2. The fourth-order valence-electron chi connectivity index (χ4n) is 3.64. The topological polar surface area (TPSA) is 143 Å². The number of carbonyl (C=O) groups excluding carboxylic acids is 1. The summed E-state index contributed by atoms with van der Waals surface area (Å²) in [6.07, 6.45) is 1.46. The molecule has 0 aliphatic carbocycles. The van der Waals surface area contributed by atoms with E-state index in [0.29, 0.717) is 39.4 Å². The summed E-state index contributed by atoms with van der Waals surface area (Å²) < 4.78 is 17.7. The molecule has 0 unspecified atom stereocenters. The summed E-state index contributed by atoms with van der Waals surface area (Å²) in [4.78, 5) is 23.4. The van der Waals surface area contributed by atoms with Gasteiger partial charge >= 0.3 is 0 Å². The molecule has 0 saturated carbocycles. The maximum Gasteiger partial charge on any atom is 0.270 e. The molecular weight excluding hydrogens is 524 g/mol. The highest BCUT2D eigenvalue weighted by atomic mass is 32.2. The molecule has 0 fully saturated rings. The van der Waals surface area contributed by atoms with Gasteiger partial charge in [-0.3, -0.25) is 19.5 Å². The number of hydrogen-bond donors (Lipinski definition) is 1. The lowest BCUT2D eigenvalue weighted by Crippen LogP contribution is -2.20.